The molecule has 0 N–H and O–H groups in total. The van der Waals surface area contributed by atoms with E-state index in [1.165, 1.54) is 68.9 Å². The summed E-state index contributed by atoms with van der Waals surface area (Å²) < 4.78 is 0. The van der Waals surface area contributed by atoms with Gasteiger partial charge in [0.25, 0.3) is 0 Å². The molecule has 2 aliphatic rings. The van der Waals surface area contributed by atoms with Crippen LogP contribution in [0, 0.1) is 29.1 Å². The van der Waals surface area contributed by atoms with Gasteiger partial charge in [0.05, 0.1) is 11.6 Å². The van der Waals surface area contributed by atoms with E-state index < -0.39 is 0 Å². The zero-order valence-electron chi connectivity index (χ0n) is 17.9. The molecule has 1 nitrogen and oxygen atoms in total. The summed E-state index contributed by atoms with van der Waals surface area (Å²) in [6.07, 6.45) is 12.6. The van der Waals surface area contributed by atoms with E-state index in [-0.39, 0.29) is 0 Å². The molecule has 2 aromatic rings. The molecule has 0 unspecified atom stereocenters. The minimum absolute atomic E-state index is 0.695. The SMILES string of the molecule is C[C@H](CC1CCC(C2CCC(c3ccc(C#N)cc3)CC2)CC1)c1ccccc1. The summed E-state index contributed by atoms with van der Waals surface area (Å²) in [6.45, 7) is 2.41. The van der Waals surface area contributed by atoms with Gasteiger partial charge < -0.3 is 0 Å². The molecular weight excluding hydrogens is 350 g/mol. The van der Waals surface area contributed by atoms with Gasteiger partial charge in [-0.3, -0.25) is 0 Å². The number of hydrogen-bond donors (Lipinski definition) is 0. The van der Waals surface area contributed by atoms with Gasteiger partial charge in [-0.1, -0.05) is 62.2 Å². The van der Waals surface area contributed by atoms with E-state index in [2.05, 4.69) is 55.5 Å². The summed E-state index contributed by atoms with van der Waals surface area (Å²) in [4.78, 5) is 0. The molecule has 0 radical (unpaired) electrons. The lowest BCUT2D eigenvalue weighted by molar-refractivity contribution is 0.154. The zero-order chi connectivity index (χ0) is 20.1. The van der Waals surface area contributed by atoms with Crippen molar-refractivity contribution in [2.45, 2.75) is 76.5 Å². The van der Waals surface area contributed by atoms with Gasteiger partial charge in [0.2, 0.25) is 0 Å². The predicted molar refractivity (Wildman–Crippen MR) is 121 cm³/mol. The lowest BCUT2D eigenvalue weighted by atomic mass is 9.67. The number of rotatable bonds is 5. The van der Waals surface area contributed by atoms with Crippen molar-refractivity contribution in [3.63, 3.8) is 0 Å². The number of nitriles is 1. The highest BCUT2D eigenvalue weighted by atomic mass is 14.4. The first kappa shape index (κ1) is 20.2. The zero-order valence-corrected chi connectivity index (χ0v) is 17.9. The number of hydrogen-bond acceptors (Lipinski definition) is 1. The van der Waals surface area contributed by atoms with Crippen molar-refractivity contribution in [2.24, 2.45) is 17.8 Å². The van der Waals surface area contributed by atoms with E-state index in [1.807, 2.05) is 12.1 Å². The third kappa shape index (κ3) is 5.11. The summed E-state index contributed by atoms with van der Waals surface area (Å²) in [5.41, 5.74) is 3.73. The van der Waals surface area contributed by atoms with Crippen molar-refractivity contribution in [3.05, 3.63) is 71.3 Å². The van der Waals surface area contributed by atoms with Crippen LogP contribution in [0.1, 0.15) is 93.2 Å². The molecule has 2 fully saturated rings. The van der Waals surface area contributed by atoms with Crippen molar-refractivity contribution in [3.8, 4) is 6.07 Å². The minimum atomic E-state index is 0.695. The third-order valence-corrected chi connectivity index (χ3v) is 7.90. The van der Waals surface area contributed by atoms with Gasteiger partial charge in [-0.15, -0.1) is 0 Å². The Bertz CT molecular complexity index is 784. The van der Waals surface area contributed by atoms with Crippen LogP contribution in [-0.4, -0.2) is 0 Å². The van der Waals surface area contributed by atoms with E-state index in [1.54, 1.807) is 0 Å². The Labute approximate surface area is 177 Å². The fraction of sp³-hybridized carbons (Fsp3) is 0.536. The largest absolute Gasteiger partial charge is 0.192 e. The highest BCUT2D eigenvalue weighted by Gasteiger charge is 2.31. The van der Waals surface area contributed by atoms with Crippen molar-refractivity contribution in [2.75, 3.05) is 0 Å². The van der Waals surface area contributed by atoms with Crippen LogP contribution in [0.5, 0.6) is 0 Å². The molecule has 4 rings (SSSR count). The first-order chi connectivity index (χ1) is 14.2. The molecule has 152 valence electrons. The summed E-state index contributed by atoms with van der Waals surface area (Å²) in [5.74, 6) is 4.26. The average molecular weight is 386 g/mol. The van der Waals surface area contributed by atoms with E-state index in [0.717, 1.165) is 23.3 Å². The van der Waals surface area contributed by atoms with Crippen LogP contribution >= 0.6 is 0 Å². The maximum Gasteiger partial charge on any atom is 0.0991 e. The normalized spacial score (nSPS) is 28.4. The third-order valence-electron chi connectivity index (χ3n) is 7.90. The lowest BCUT2D eigenvalue weighted by Gasteiger charge is -2.38. The monoisotopic (exact) mass is 385 g/mol. The van der Waals surface area contributed by atoms with Crippen LogP contribution < -0.4 is 0 Å². The molecule has 1 atom stereocenters. The molecule has 1 heteroatoms. The Kier molecular flexibility index (Phi) is 6.70. The van der Waals surface area contributed by atoms with Crippen molar-refractivity contribution in [1.29, 1.82) is 5.26 Å². The molecule has 2 aromatic carbocycles. The van der Waals surface area contributed by atoms with Crippen molar-refractivity contribution in [1.82, 2.24) is 0 Å². The van der Waals surface area contributed by atoms with Crippen LogP contribution in [0.4, 0.5) is 0 Å². The summed E-state index contributed by atoms with van der Waals surface area (Å²) in [5, 5.41) is 8.99. The molecule has 0 saturated heterocycles. The van der Waals surface area contributed by atoms with Gasteiger partial charge in [-0.2, -0.15) is 5.26 Å². The Morgan fingerprint density at radius 3 is 1.97 bits per heavy atom. The van der Waals surface area contributed by atoms with Gasteiger partial charge in [0.1, 0.15) is 0 Å². The number of benzene rings is 2. The second-order valence-corrected chi connectivity index (χ2v) is 9.67. The van der Waals surface area contributed by atoms with E-state index in [0.29, 0.717) is 11.8 Å². The van der Waals surface area contributed by atoms with Gasteiger partial charge in [0, 0.05) is 0 Å². The van der Waals surface area contributed by atoms with Gasteiger partial charge in [0.15, 0.2) is 0 Å². The lowest BCUT2D eigenvalue weighted by Crippen LogP contribution is -2.25. The minimum Gasteiger partial charge on any atom is -0.192 e. The second-order valence-electron chi connectivity index (χ2n) is 9.67. The maximum atomic E-state index is 8.99. The Balaban J connectivity index is 1.22. The Morgan fingerprint density at radius 1 is 0.793 bits per heavy atom. The second kappa shape index (κ2) is 9.62. The smallest absolute Gasteiger partial charge is 0.0991 e. The maximum absolute atomic E-state index is 8.99. The van der Waals surface area contributed by atoms with Gasteiger partial charge >= 0.3 is 0 Å². The fourth-order valence-electron chi connectivity index (χ4n) is 6.07. The fourth-order valence-corrected chi connectivity index (χ4v) is 6.07. The first-order valence-electron chi connectivity index (χ1n) is 11.8. The predicted octanol–water partition coefficient (Wildman–Crippen LogP) is 7.83. The van der Waals surface area contributed by atoms with Gasteiger partial charge in [-0.25, -0.2) is 0 Å². The topological polar surface area (TPSA) is 23.8 Å². The summed E-state index contributed by atoms with van der Waals surface area (Å²) >= 11 is 0. The number of nitrogens with zero attached hydrogens (tertiary/aromatic N) is 1. The van der Waals surface area contributed by atoms with Crippen molar-refractivity contribution >= 4 is 0 Å². The quantitative estimate of drug-likeness (QED) is 0.514. The molecule has 0 heterocycles. The highest BCUT2D eigenvalue weighted by molar-refractivity contribution is 5.33. The Hall–Kier alpha value is -2.07. The molecule has 0 spiro atoms. The van der Waals surface area contributed by atoms with Crippen LogP contribution in [0.2, 0.25) is 0 Å². The Morgan fingerprint density at radius 2 is 1.38 bits per heavy atom. The highest BCUT2D eigenvalue weighted by Crippen LogP contribution is 2.45. The first-order valence-corrected chi connectivity index (χ1v) is 11.8. The molecular formula is C28H35N. The van der Waals surface area contributed by atoms with Crippen LogP contribution in [0.15, 0.2) is 54.6 Å². The van der Waals surface area contributed by atoms with Crippen LogP contribution in [0.3, 0.4) is 0 Å². The van der Waals surface area contributed by atoms with Crippen molar-refractivity contribution < 1.29 is 0 Å². The van der Waals surface area contributed by atoms with E-state index in [9.17, 15) is 0 Å². The van der Waals surface area contributed by atoms with Crippen LogP contribution in [0.25, 0.3) is 0 Å². The molecule has 0 bridgehead atoms. The van der Waals surface area contributed by atoms with Crippen LogP contribution in [-0.2, 0) is 0 Å². The average Bonchev–Trinajstić information content (AvgIpc) is 2.80. The molecule has 0 amide bonds. The molecule has 0 aliphatic heterocycles. The molecule has 2 aliphatic carbocycles. The molecule has 2 saturated carbocycles. The molecule has 29 heavy (non-hydrogen) atoms. The van der Waals surface area contributed by atoms with Gasteiger partial charge in [-0.05, 0) is 97.8 Å². The molecule has 0 aromatic heterocycles. The summed E-state index contributed by atoms with van der Waals surface area (Å²) in [6, 6.07) is 21.6. The summed E-state index contributed by atoms with van der Waals surface area (Å²) in [7, 11) is 0. The van der Waals surface area contributed by atoms with E-state index >= 15 is 0 Å². The standard InChI is InChI=1S/C28H35N/c1-21(24-5-3-2-4-6-24)19-22-7-11-25(12-8-22)27-15-17-28(18-16-27)26-13-9-23(20-29)10-14-26/h2-6,9-10,13-14,21-22,25,27-28H,7-8,11-12,15-19H2,1H3/t21-,22?,25?,27?,28?/m1/s1. The van der Waals surface area contributed by atoms with E-state index in [4.69, 9.17) is 5.26 Å².